The van der Waals surface area contributed by atoms with Gasteiger partial charge in [0, 0.05) is 32.7 Å². The molecule has 2 aromatic rings. The van der Waals surface area contributed by atoms with Gasteiger partial charge in [-0.2, -0.15) is 0 Å². The molecule has 3 nitrogen and oxygen atoms in total. The first-order valence-corrected chi connectivity index (χ1v) is 6.44. The summed E-state index contributed by atoms with van der Waals surface area (Å²) in [6.07, 6.45) is 0. The molecule has 0 saturated carbocycles. The van der Waals surface area contributed by atoms with E-state index in [9.17, 15) is 0 Å². The maximum Gasteiger partial charge on any atom is 0.0240 e. The van der Waals surface area contributed by atoms with Crippen molar-refractivity contribution >= 4 is 10.8 Å². The summed E-state index contributed by atoms with van der Waals surface area (Å²) in [5.74, 6) is 0. The summed E-state index contributed by atoms with van der Waals surface area (Å²) in [4.78, 5) is 2.31. The van der Waals surface area contributed by atoms with Gasteiger partial charge in [0.2, 0.25) is 0 Å². The van der Waals surface area contributed by atoms with Crippen LogP contribution in [0.15, 0.2) is 42.5 Å². The second kappa shape index (κ2) is 6.50. The molecular formula is C15H21N3. The first-order chi connectivity index (χ1) is 8.85. The van der Waals surface area contributed by atoms with Crippen LogP contribution in [-0.2, 0) is 6.54 Å². The van der Waals surface area contributed by atoms with E-state index in [2.05, 4.69) is 47.4 Å². The minimum Gasteiger partial charge on any atom is -0.329 e. The lowest BCUT2D eigenvalue weighted by Crippen LogP contribution is -2.33. The second-order valence-corrected chi connectivity index (χ2v) is 4.49. The Bertz CT molecular complexity index is 485. The molecule has 0 spiro atoms. The molecule has 0 radical (unpaired) electrons. The third kappa shape index (κ3) is 3.07. The number of benzene rings is 2. The number of rotatable bonds is 6. The summed E-state index contributed by atoms with van der Waals surface area (Å²) in [5.41, 5.74) is 12.6. The first kappa shape index (κ1) is 13.0. The van der Waals surface area contributed by atoms with Gasteiger partial charge in [0.25, 0.3) is 0 Å². The van der Waals surface area contributed by atoms with Gasteiger partial charge in [0.1, 0.15) is 0 Å². The standard InChI is InChI=1S/C15H21N3/c16-8-10-18(11-9-17)12-14-6-3-5-13-4-1-2-7-15(13)14/h1-7H,8-12,16-17H2. The van der Waals surface area contributed by atoms with Crippen molar-refractivity contribution in [2.24, 2.45) is 11.5 Å². The van der Waals surface area contributed by atoms with Gasteiger partial charge < -0.3 is 11.5 Å². The number of hydrogen-bond acceptors (Lipinski definition) is 3. The minimum atomic E-state index is 0.671. The van der Waals surface area contributed by atoms with Crippen molar-refractivity contribution in [2.45, 2.75) is 6.54 Å². The molecule has 0 saturated heterocycles. The van der Waals surface area contributed by atoms with Crippen molar-refractivity contribution < 1.29 is 0 Å². The Kier molecular flexibility index (Phi) is 4.70. The fraction of sp³-hybridized carbons (Fsp3) is 0.333. The van der Waals surface area contributed by atoms with Crippen LogP contribution in [0.4, 0.5) is 0 Å². The van der Waals surface area contributed by atoms with Crippen LogP contribution in [-0.4, -0.2) is 31.1 Å². The molecule has 0 aliphatic rings. The monoisotopic (exact) mass is 243 g/mol. The average molecular weight is 243 g/mol. The molecule has 0 atom stereocenters. The molecule has 3 heteroatoms. The summed E-state index contributed by atoms with van der Waals surface area (Å²) in [5, 5.41) is 2.61. The lowest BCUT2D eigenvalue weighted by molar-refractivity contribution is 0.282. The molecule has 0 heterocycles. The predicted octanol–water partition coefficient (Wildman–Crippen LogP) is 1.56. The van der Waals surface area contributed by atoms with Crippen LogP contribution in [0, 0.1) is 0 Å². The van der Waals surface area contributed by atoms with Crippen LogP contribution in [0.1, 0.15) is 5.56 Å². The van der Waals surface area contributed by atoms with E-state index in [0.29, 0.717) is 13.1 Å². The quantitative estimate of drug-likeness (QED) is 0.809. The van der Waals surface area contributed by atoms with Gasteiger partial charge in [0.05, 0.1) is 0 Å². The first-order valence-electron chi connectivity index (χ1n) is 6.44. The molecule has 0 amide bonds. The predicted molar refractivity (Wildman–Crippen MR) is 77.3 cm³/mol. The van der Waals surface area contributed by atoms with Crippen LogP contribution >= 0.6 is 0 Å². The van der Waals surface area contributed by atoms with E-state index in [1.54, 1.807) is 0 Å². The third-order valence-corrected chi connectivity index (χ3v) is 3.16. The van der Waals surface area contributed by atoms with Crippen molar-refractivity contribution in [3.8, 4) is 0 Å². The molecule has 0 bridgehead atoms. The van der Waals surface area contributed by atoms with Crippen LogP contribution in [0.3, 0.4) is 0 Å². The highest BCUT2D eigenvalue weighted by atomic mass is 15.1. The topological polar surface area (TPSA) is 55.3 Å². The molecular weight excluding hydrogens is 222 g/mol. The molecule has 0 unspecified atom stereocenters. The maximum absolute atomic E-state index is 5.64. The molecule has 4 N–H and O–H groups in total. The molecule has 2 aromatic carbocycles. The third-order valence-electron chi connectivity index (χ3n) is 3.16. The Morgan fingerprint density at radius 1 is 0.833 bits per heavy atom. The Labute approximate surface area is 108 Å². The lowest BCUT2D eigenvalue weighted by Gasteiger charge is -2.21. The SMILES string of the molecule is NCCN(CCN)Cc1cccc2ccccc12. The maximum atomic E-state index is 5.64. The van der Waals surface area contributed by atoms with Gasteiger partial charge in [-0.1, -0.05) is 42.5 Å². The van der Waals surface area contributed by atoms with E-state index in [0.717, 1.165) is 19.6 Å². The lowest BCUT2D eigenvalue weighted by atomic mass is 10.0. The Morgan fingerprint density at radius 3 is 2.22 bits per heavy atom. The number of hydrogen-bond donors (Lipinski definition) is 2. The van der Waals surface area contributed by atoms with Crippen molar-refractivity contribution in [1.82, 2.24) is 4.90 Å². The largest absolute Gasteiger partial charge is 0.329 e. The summed E-state index contributed by atoms with van der Waals surface area (Å²) in [6.45, 7) is 4.03. The fourth-order valence-electron chi connectivity index (χ4n) is 2.31. The molecule has 0 aliphatic heterocycles. The Balaban J connectivity index is 2.24. The summed E-state index contributed by atoms with van der Waals surface area (Å²) in [7, 11) is 0. The van der Waals surface area contributed by atoms with E-state index < -0.39 is 0 Å². The smallest absolute Gasteiger partial charge is 0.0240 e. The molecule has 18 heavy (non-hydrogen) atoms. The zero-order valence-electron chi connectivity index (χ0n) is 10.7. The number of nitrogens with zero attached hydrogens (tertiary/aromatic N) is 1. The molecule has 96 valence electrons. The molecule has 2 rings (SSSR count). The minimum absolute atomic E-state index is 0.671. The number of nitrogens with two attached hydrogens (primary N) is 2. The van der Waals surface area contributed by atoms with Gasteiger partial charge in [-0.25, -0.2) is 0 Å². The van der Waals surface area contributed by atoms with Crippen molar-refractivity contribution in [3.05, 3.63) is 48.0 Å². The zero-order chi connectivity index (χ0) is 12.8. The van der Waals surface area contributed by atoms with Crippen molar-refractivity contribution in [2.75, 3.05) is 26.2 Å². The van der Waals surface area contributed by atoms with Gasteiger partial charge in [-0.05, 0) is 16.3 Å². The van der Waals surface area contributed by atoms with Gasteiger partial charge in [0.15, 0.2) is 0 Å². The van der Waals surface area contributed by atoms with E-state index in [4.69, 9.17) is 11.5 Å². The van der Waals surface area contributed by atoms with Crippen LogP contribution < -0.4 is 11.5 Å². The highest BCUT2D eigenvalue weighted by Crippen LogP contribution is 2.19. The molecule has 0 fully saturated rings. The van der Waals surface area contributed by atoms with Gasteiger partial charge in [-0.15, -0.1) is 0 Å². The van der Waals surface area contributed by atoms with Crippen molar-refractivity contribution in [1.29, 1.82) is 0 Å². The highest BCUT2D eigenvalue weighted by molar-refractivity contribution is 5.85. The molecule has 0 aromatic heterocycles. The normalized spacial score (nSPS) is 11.3. The zero-order valence-corrected chi connectivity index (χ0v) is 10.7. The van der Waals surface area contributed by atoms with Crippen molar-refractivity contribution in [3.63, 3.8) is 0 Å². The van der Waals surface area contributed by atoms with Crippen LogP contribution in [0.2, 0.25) is 0 Å². The molecule has 0 aliphatic carbocycles. The summed E-state index contributed by atoms with van der Waals surface area (Å²) >= 11 is 0. The van der Waals surface area contributed by atoms with Gasteiger partial charge in [-0.3, -0.25) is 4.90 Å². The van der Waals surface area contributed by atoms with E-state index in [1.807, 2.05) is 0 Å². The second-order valence-electron chi connectivity index (χ2n) is 4.49. The fourth-order valence-corrected chi connectivity index (χ4v) is 2.31. The Hall–Kier alpha value is -1.42. The van der Waals surface area contributed by atoms with Crippen LogP contribution in [0.25, 0.3) is 10.8 Å². The van der Waals surface area contributed by atoms with E-state index in [-0.39, 0.29) is 0 Å². The Morgan fingerprint density at radius 2 is 1.50 bits per heavy atom. The summed E-state index contributed by atoms with van der Waals surface area (Å²) in [6, 6.07) is 14.9. The van der Waals surface area contributed by atoms with E-state index >= 15 is 0 Å². The highest BCUT2D eigenvalue weighted by Gasteiger charge is 2.06. The average Bonchev–Trinajstić information content (AvgIpc) is 2.40. The van der Waals surface area contributed by atoms with Crippen LogP contribution in [0.5, 0.6) is 0 Å². The van der Waals surface area contributed by atoms with E-state index in [1.165, 1.54) is 16.3 Å². The van der Waals surface area contributed by atoms with Gasteiger partial charge >= 0.3 is 0 Å². The number of fused-ring (bicyclic) bond motifs is 1. The summed E-state index contributed by atoms with van der Waals surface area (Å²) < 4.78 is 0.